The van der Waals surface area contributed by atoms with Crippen LogP contribution in [-0.2, 0) is 0 Å². The standard InChI is InChI=1S/C25H23N3O7/c1-33-15-7-8-20-16(11-15)19(30)13-25(35-20)9-10-27(14-25)24(32)23-18(29)12-22(31)28(26-23)17-5-3-4-6-21(17)34-2/h3-8,11-12,29H,9-10,13-14H2,1-2H3. The highest BCUT2D eigenvalue weighted by atomic mass is 16.5. The monoisotopic (exact) mass is 477 g/mol. The van der Waals surface area contributed by atoms with Crippen LogP contribution in [0, 0.1) is 0 Å². The highest BCUT2D eigenvalue weighted by Crippen LogP contribution is 2.40. The molecule has 2 aromatic carbocycles. The van der Waals surface area contributed by atoms with Crippen LogP contribution in [0.4, 0.5) is 0 Å². The van der Waals surface area contributed by atoms with Crippen LogP contribution in [0.3, 0.4) is 0 Å². The van der Waals surface area contributed by atoms with Gasteiger partial charge >= 0.3 is 0 Å². The third kappa shape index (κ3) is 3.86. The van der Waals surface area contributed by atoms with E-state index in [0.29, 0.717) is 41.5 Å². The SMILES string of the molecule is COc1ccc2c(c1)C(=O)CC1(CCN(C(=O)c3nn(-c4ccccc4OC)c(=O)cc3O)C1)O2. The minimum Gasteiger partial charge on any atom is -0.505 e. The average Bonchev–Trinajstić information content (AvgIpc) is 3.26. The summed E-state index contributed by atoms with van der Waals surface area (Å²) >= 11 is 0. The zero-order valence-corrected chi connectivity index (χ0v) is 19.2. The molecule has 0 aliphatic carbocycles. The van der Waals surface area contributed by atoms with Gasteiger partial charge < -0.3 is 24.2 Å². The van der Waals surface area contributed by atoms with Crippen LogP contribution in [0.2, 0.25) is 0 Å². The van der Waals surface area contributed by atoms with Crippen LogP contribution in [0.1, 0.15) is 33.7 Å². The third-order valence-electron chi connectivity index (χ3n) is 6.33. The summed E-state index contributed by atoms with van der Waals surface area (Å²) < 4.78 is 17.7. The Bertz CT molecular complexity index is 1400. The maximum Gasteiger partial charge on any atom is 0.278 e. The fourth-order valence-electron chi connectivity index (χ4n) is 4.57. The average molecular weight is 477 g/mol. The number of aromatic nitrogens is 2. The van der Waals surface area contributed by atoms with Crippen molar-refractivity contribution >= 4 is 11.7 Å². The van der Waals surface area contributed by atoms with Gasteiger partial charge in [0.25, 0.3) is 11.5 Å². The largest absolute Gasteiger partial charge is 0.505 e. The van der Waals surface area contributed by atoms with Gasteiger partial charge in [-0.25, -0.2) is 0 Å². The summed E-state index contributed by atoms with van der Waals surface area (Å²) in [6.45, 7) is 0.435. The summed E-state index contributed by atoms with van der Waals surface area (Å²) in [5.41, 5.74) is -0.987. The first-order chi connectivity index (χ1) is 16.8. The number of carbonyl (C=O) groups excluding carboxylic acids is 2. The number of aromatic hydroxyl groups is 1. The van der Waals surface area contributed by atoms with E-state index >= 15 is 0 Å². The summed E-state index contributed by atoms with van der Waals surface area (Å²) in [6, 6.07) is 12.7. The smallest absolute Gasteiger partial charge is 0.278 e. The number of hydrogen-bond donors (Lipinski definition) is 1. The molecule has 0 saturated carbocycles. The number of amides is 1. The number of rotatable bonds is 4. The Labute approximate surface area is 200 Å². The number of methoxy groups -OCH3 is 2. The van der Waals surface area contributed by atoms with Gasteiger partial charge in [0.2, 0.25) is 0 Å². The van der Waals surface area contributed by atoms with E-state index in [0.717, 1.165) is 10.7 Å². The number of carbonyl (C=O) groups is 2. The van der Waals surface area contributed by atoms with Crippen molar-refractivity contribution in [3.8, 4) is 28.7 Å². The fourth-order valence-corrected chi connectivity index (χ4v) is 4.57. The van der Waals surface area contributed by atoms with E-state index in [1.54, 1.807) is 42.5 Å². The van der Waals surface area contributed by atoms with Gasteiger partial charge in [-0.1, -0.05) is 12.1 Å². The summed E-state index contributed by atoms with van der Waals surface area (Å²) in [7, 11) is 2.98. The minimum atomic E-state index is -0.874. The number of hydrogen-bond acceptors (Lipinski definition) is 8. The predicted molar refractivity (Wildman–Crippen MR) is 124 cm³/mol. The molecule has 1 fully saturated rings. The maximum absolute atomic E-state index is 13.4. The molecule has 35 heavy (non-hydrogen) atoms. The predicted octanol–water partition coefficient (Wildman–Crippen LogP) is 2.21. The summed E-state index contributed by atoms with van der Waals surface area (Å²) in [5.74, 6) is 0.208. The lowest BCUT2D eigenvalue weighted by molar-refractivity contribution is 0.0425. The first-order valence-electron chi connectivity index (χ1n) is 11.0. The molecule has 3 heterocycles. The molecular weight excluding hydrogens is 454 g/mol. The number of ketones is 1. The van der Waals surface area contributed by atoms with Gasteiger partial charge in [0.15, 0.2) is 17.2 Å². The Hall–Kier alpha value is -4.34. The molecule has 0 bridgehead atoms. The first kappa shape index (κ1) is 22.5. The van der Waals surface area contributed by atoms with E-state index in [1.807, 2.05) is 0 Å². The van der Waals surface area contributed by atoms with E-state index < -0.39 is 22.8 Å². The van der Waals surface area contributed by atoms with Gasteiger partial charge in [-0.15, -0.1) is 0 Å². The zero-order valence-electron chi connectivity index (χ0n) is 19.2. The molecule has 5 rings (SSSR count). The number of likely N-dealkylation sites (tertiary alicyclic amines) is 1. The number of ether oxygens (including phenoxy) is 3. The second-order valence-corrected chi connectivity index (χ2v) is 8.52. The molecule has 1 spiro atoms. The van der Waals surface area contributed by atoms with Crippen LogP contribution in [-0.4, -0.2) is 64.4 Å². The highest BCUT2D eigenvalue weighted by Gasteiger charge is 2.47. The van der Waals surface area contributed by atoms with E-state index in [2.05, 4.69) is 5.10 Å². The normalized spacial score (nSPS) is 18.8. The van der Waals surface area contributed by atoms with E-state index in [-0.39, 0.29) is 24.4 Å². The number of Topliss-reactive ketones (excluding diaryl/α,β-unsaturated/α-hetero) is 1. The van der Waals surface area contributed by atoms with E-state index in [1.165, 1.54) is 19.1 Å². The lowest BCUT2D eigenvalue weighted by Crippen LogP contribution is -2.45. The number of benzene rings is 2. The molecular formula is C25H23N3O7. The Kier molecular flexibility index (Phi) is 5.43. The lowest BCUT2D eigenvalue weighted by Gasteiger charge is -2.34. The fraction of sp³-hybridized carbons (Fsp3) is 0.280. The minimum absolute atomic E-state index is 0.0925. The van der Waals surface area contributed by atoms with Gasteiger partial charge in [0.05, 0.1) is 32.7 Å². The van der Waals surface area contributed by atoms with E-state index in [9.17, 15) is 19.5 Å². The summed E-state index contributed by atoms with van der Waals surface area (Å²) in [6.07, 6.45) is 0.542. The van der Waals surface area contributed by atoms with Crippen molar-refractivity contribution in [1.82, 2.24) is 14.7 Å². The highest BCUT2D eigenvalue weighted by molar-refractivity contribution is 6.01. The molecule has 1 atom stereocenters. The van der Waals surface area contributed by atoms with Crippen LogP contribution >= 0.6 is 0 Å². The van der Waals surface area contributed by atoms with Crippen LogP contribution in [0.25, 0.3) is 5.69 Å². The maximum atomic E-state index is 13.4. The van der Waals surface area contributed by atoms with Gasteiger partial charge in [-0.05, 0) is 30.3 Å². The van der Waals surface area contributed by atoms with Crippen molar-refractivity contribution in [2.45, 2.75) is 18.4 Å². The van der Waals surface area contributed by atoms with Crippen LogP contribution in [0.15, 0.2) is 53.3 Å². The molecule has 180 valence electrons. The Balaban J connectivity index is 1.43. The molecule has 1 N–H and O–H groups in total. The van der Waals surface area contributed by atoms with Crippen LogP contribution in [0.5, 0.6) is 23.0 Å². The molecule has 1 unspecified atom stereocenters. The van der Waals surface area contributed by atoms with Gasteiger partial charge in [0, 0.05) is 19.0 Å². The summed E-state index contributed by atoms with van der Waals surface area (Å²) in [4.78, 5) is 40.2. The van der Waals surface area contributed by atoms with Crippen molar-refractivity contribution in [2.75, 3.05) is 27.3 Å². The molecule has 1 saturated heterocycles. The topological polar surface area (TPSA) is 120 Å². The Morgan fingerprint density at radius 1 is 1.11 bits per heavy atom. The molecule has 2 aliphatic heterocycles. The Morgan fingerprint density at radius 3 is 2.69 bits per heavy atom. The van der Waals surface area contributed by atoms with E-state index in [4.69, 9.17) is 14.2 Å². The molecule has 10 heteroatoms. The second-order valence-electron chi connectivity index (χ2n) is 8.52. The van der Waals surface area contributed by atoms with Gasteiger partial charge in [0.1, 0.15) is 28.5 Å². The molecule has 2 aliphatic rings. The second kappa shape index (κ2) is 8.46. The van der Waals surface area contributed by atoms with Crippen molar-refractivity contribution in [2.24, 2.45) is 0 Å². The molecule has 0 radical (unpaired) electrons. The van der Waals surface area contributed by atoms with Gasteiger partial charge in [-0.3, -0.25) is 14.4 Å². The number of nitrogens with zero attached hydrogens (tertiary/aromatic N) is 3. The third-order valence-corrected chi connectivity index (χ3v) is 6.33. The zero-order chi connectivity index (χ0) is 24.7. The summed E-state index contributed by atoms with van der Waals surface area (Å²) in [5, 5.41) is 14.6. The molecule has 3 aromatic rings. The molecule has 1 aromatic heterocycles. The first-order valence-corrected chi connectivity index (χ1v) is 11.0. The van der Waals surface area contributed by atoms with Crippen LogP contribution < -0.4 is 19.8 Å². The van der Waals surface area contributed by atoms with Crippen molar-refractivity contribution in [3.63, 3.8) is 0 Å². The van der Waals surface area contributed by atoms with Gasteiger partial charge in [-0.2, -0.15) is 9.78 Å². The van der Waals surface area contributed by atoms with Crippen molar-refractivity contribution < 1.29 is 28.9 Å². The van der Waals surface area contributed by atoms with Crippen molar-refractivity contribution in [3.05, 3.63) is 70.1 Å². The molecule has 10 nitrogen and oxygen atoms in total. The molecule has 1 amide bonds. The number of fused-ring (bicyclic) bond motifs is 1. The van der Waals surface area contributed by atoms with Crippen molar-refractivity contribution in [1.29, 1.82) is 0 Å². The number of para-hydroxylation sites is 2. The quantitative estimate of drug-likeness (QED) is 0.607. The Morgan fingerprint density at radius 2 is 1.91 bits per heavy atom. The lowest BCUT2D eigenvalue weighted by atomic mass is 9.89.